The number of aliphatic hydroxyl groups excluding tert-OH is 1. The number of hydrogen-bond acceptors (Lipinski definition) is 7. The molecule has 1 N–H and O–H groups in total. The van der Waals surface area contributed by atoms with Gasteiger partial charge in [0.15, 0.2) is 5.58 Å². The zero-order valence-electron chi connectivity index (χ0n) is 18.6. The predicted octanol–water partition coefficient (Wildman–Crippen LogP) is 4.29. The number of hydrogen-bond donors (Lipinski definition) is 1. The first-order valence-corrected chi connectivity index (χ1v) is 12.9. The van der Waals surface area contributed by atoms with Gasteiger partial charge < -0.3 is 19.3 Å². The Labute approximate surface area is 204 Å². The second-order valence-corrected chi connectivity index (χ2v) is 11.4. The van der Waals surface area contributed by atoms with E-state index >= 15 is 0 Å². The van der Waals surface area contributed by atoms with E-state index in [1.165, 1.54) is 15.1 Å². The molecule has 5 unspecified atom stereocenters. The molecule has 7 nitrogen and oxygen atoms in total. The summed E-state index contributed by atoms with van der Waals surface area (Å²) in [4.78, 5) is 19.7. The van der Waals surface area contributed by atoms with Crippen LogP contribution in [0.15, 0.2) is 51.2 Å². The third kappa shape index (κ3) is 2.83. The number of halogens is 1. The number of anilines is 1. The van der Waals surface area contributed by atoms with Crippen molar-refractivity contribution in [3.63, 3.8) is 0 Å². The van der Waals surface area contributed by atoms with Crippen molar-refractivity contribution in [1.29, 1.82) is 0 Å². The Hall–Kier alpha value is -2.39. The Bertz CT molecular complexity index is 1500. The second kappa shape index (κ2) is 7.07. The average molecular weight is 498 g/mol. The maximum Gasteiger partial charge on any atom is 0.290 e. The third-order valence-corrected chi connectivity index (χ3v) is 9.41. The van der Waals surface area contributed by atoms with Crippen molar-refractivity contribution >= 4 is 49.8 Å². The maximum absolute atomic E-state index is 12.9. The summed E-state index contributed by atoms with van der Waals surface area (Å²) >= 11 is 7.72. The molecule has 7 rings (SSSR count). The highest BCUT2D eigenvalue weighted by molar-refractivity contribution is 7.16. The fourth-order valence-corrected chi connectivity index (χ4v) is 7.50. The number of rotatable bonds is 4. The van der Waals surface area contributed by atoms with Gasteiger partial charge in [0.1, 0.15) is 0 Å². The number of nitrogens with zero attached hydrogens (tertiary/aromatic N) is 3. The molecule has 2 bridgehead atoms. The molecule has 0 amide bonds. The van der Waals surface area contributed by atoms with Crippen molar-refractivity contribution in [2.75, 3.05) is 18.0 Å². The molecular formula is C25H24ClN3O4S. The normalized spacial score (nSPS) is 32.3. The zero-order chi connectivity index (χ0) is 23.2. The fourth-order valence-electron chi connectivity index (χ4n) is 6.62. The molecule has 5 atom stereocenters. The monoisotopic (exact) mass is 497 g/mol. The number of fused-ring (bicyclic) bond motifs is 7. The lowest BCUT2D eigenvalue weighted by Gasteiger charge is -2.35. The van der Waals surface area contributed by atoms with Gasteiger partial charge >= 0.3 is 0 Å². The van der Waals surface area contributed by atoms with Crippen LogP contribution < -0.4 is 10.5 Å². The number of thiazole rings is 1. The molecule has 3 aliphatic heterocycles. The van der Waals surface area contributed by atoms with Gasteiger partial charge in [-0.3, -0.25) is 4.79 Å². The van der Waals surface area contributed by atoms with Crippen LogP contribution in [-0.4, -0.2) is 45.2 Å². The molecule has 9 heteroatoms. The standard InChI is InChI=1S/C25H24ClN3O4S/c1-24-17-11-28(15-3-4-19-21(9-15)34-13-27-19)12-18(17)25(33-24,10-22(24)30)6-7-29-23(31)16-8-14(26)2-5-20(16)32-29/h2-5,8-9,13,17-18,22,30H,6-7,10-12H2,1H3. The first-order chi connectivity index (χ1) is 16.4. The summed E-state index contributed by atoms with van der Waals surface area (Å²) < 4.78 is 15.1. The van der Waals surface area contributed by atoms with Crippen molar-refractivity contribution in [2.45, 2.75) is 43.6 Å². The molecule has 0 aliphatic carbocycles. The number of benzene rings is 2. The summed E-state index contributed by atoms with van der Waals surface area (Å²) in [5.41, 5.74) is 3.35. The molecule has 34 heavy (non-hydrogen) atoms. The highest BCUT2D eigenvalue weighted by Crippen LogP contribution is 2.61. The van der Waals surface area contributed by atoms with E-state index in [1.54, 1.807) is 29.5 Å². The van der Waals surface area contributed by atoms with E-state index in [4.69, 9.17) is 20.9 Å². The Morgan fingerprint density at radius 1 is 1.24 bits per heavy atom. The summed E-state index contributed by atoms with van der Waals surface area (Å²) in [5.74, 6) is 0.493. The fraction of sp³-hybridized carbons (Fsp3) is 0.440. The van der Waals surface area contributed by atoms with Crippen LogP contribution in [-0.2, 0) is 11.3 Å². The Kier molecular flexibility index (Phi) is 4.35. The molecule has 2 aromatic carbocycles. The van der Waals surface area contributed by atoms with Crippen molar-refractivity contribution in [3.8, 4) is 0 Å². The minimum Gasteiger partial charge on any atom is -0.390 e. The van der Waals surface area contributed by atoms with E-state index in [0.29, 0.717) is 35.4 Å². The van der Waals surface area contributed by atoms with Crippen LogP contribution in [0.3, 0.4) is 0 Å². The van der Waals surface area contributed by atoms with Crippen LogP contribution in [0.5, 0.6) is 0 Å². The number of aromatic nitrogens is 2. The summed E-state index contributed by atoms with van der Waals surface area (Å²) in [6, 6.07) is 11.5. The van der Waals surface area contributed by atoms with Gasteiger partial charge in [0.25, 0.3) is 5.56 Å². The van der Waals surface area contributed by atoms with Gasteiger partial charge in [-0.2, -0.15) is 4.74 Å². The second-order valence-electron chi connectivity index (χ2n) is 10.1. The van der Waals surface area contributed by atoms with Gasteiger partial charge in [0.2, 0.25) is 0 Å². The lowest BCUT2D eigenvalue weighted by Crippen LogP contribution is -2.47. The average Bonchev–Trinajstić information content (AvgIpc) is 3.60. The summed E-state index contributed by atoms with van der Waals surface area (Å²) in [7, 11) is 0. The third-order valence-electron chi connectivity index (χ3n) is 8.38. The van der Waals surface area contributed by atoms with Crippen molar-refractivity contribution in [3.05, 3.63) is 57.3 Å². The molecule has 0 spiro atoms. The van der Waals surface area contributed by atoms with E-state index < -0.39 is 17.3 Å². The van der Waals surface area contributed by atoms with Crippen LogP contribution in [0.4, 0.5) is 5.69 Å². The zero-order valence-corrected chi connectivity index (χ0v) is 20.2. The van der Waals surface area contributed by atoms with Gasteiger partial charge in [0.05, 0.1) is 45.0 Å². The molecule has 176 valence electrons. The van der Waals surface area contributed by atoms with Crippen molar-refractivity contribution < 1.29 is 14.4 Å². The van der Waals surface area contributed by atoms with Crippen molar-refractivity contribution in [1.82, 2.24) is 9.72 Å². The van der Waals surface area contributed by atoms with Gasteiger partial charge in [0, 0.05) is 42.1 Å². The highest BCUT2D eigenvalue weighted by Gasteiger charge is 2.70. The SMILES string of the molecule is CC12OC(CCn3oc4ccc(Cl)cc4c3=O)(CC1O)C1CN(c3ccc4ncsc4c3)CC12. The van der Waals surface area contributed by atoms with E-state index in [-0.39, 0.29) is 17.4 Å². The van der Waals surface area contributed by atoms with E-state index in [2.05, 4.69) is 35.0 Å². The molecule has 0 radical (unpaired) electrons. The molecule has 3 saturated heterocycles. The minimum absolute atomic E-state index is 0.185. The molecule has 0 saturated carbocycles. The van der Waals surface area contributed by atoms with Gasteiger partial charge in [-0.15, -0.1) is 11.3 Å². The van der Waals surface area contributed by atoms with E-state index in [1.807, 2.05) is 5.51 Å². The smallest absolute Gasteiger partial charge is 0.290 e. The van der Waals surface area contributed by atoms with Crippen LogP contribution in [0.2, 0.25) is 5.02 Å². The lowest BCUT2D eigenvalue weighted by atomic mass is 9.66. The molecular weight excluding hydrogens is 474 g/mol. The van der Waals surface area contributed by atoms with Crippen LogP contribution >= 0.6 is 22.9 Å². The van der Waals surface area contributed by atoms with Gasteiger partial charge in [-0.05, 0) is 49.7 Å². The first kappa shape index (κ1) is 20.9. The van der Waals surface area contributed by atoms with E-state index in [9.17, 15) is 9.90 Å². The molecule has 2 aromatic heterocycles. The van der Waals surface area contributed by atoms with Crippen LogP contribution in [0.25, 0.3) is 21.2 Å². The molecule has 3 aliphatic rings. The number of aliphatic hydroxyl groups is 1. The molecule has 3 fully saturated rings. The topological polar surface area (TPSA) is 80.7 Å². The Morgan fingerprint density at radius 2 is 2.09 bits per heavy atom. The van der Waals surface area contributed by atoms with Gasteiger partial charge in [-0.25, -0.2) is 4.98 Å². The summed E-state index contributed by atoms with van der Waals surface area (Å²) in [6.45, 7) is 4.15. The maximum atomic E-state index is 12.9. The summed E-state index contributed by atoms with van der Waals surface area (Å²) in [5, 5.41) is 12.0. The largest absolute Gasteiger partial charge is 0.390 e. The molecule has 5 heterocycles. The predicted molar refractivity (Wildman–Crippen MR) is 132 cm³/mol. The number of aryl methyl sites for hydroxylation is 1. The lowest BCUT2D eigenvalue weighted by molar-refractivity contribution is -0.0852. The van der Waals surface area contributed by atoms with Gasteiger partial charge in [-0.1, -0.05) is 11.6 Å². The summed E-state index contributed by atoms with van der Waals surface area (Å²) in [6.07, 6.45) is 0.660. The van der Waals surface area contributed by atoms with Crippen LogP contribution in [0.1, 0.15) is 19.8 Å². The van der Waals surface area contributed by atoms with Crippen LogP contribution in [0, 0.1) is 11.8 Å². The molecule has 4 aromatic rings. The van der Waals surface area contributed by atoms with E-state index in [0.717, 1.165) is 18.6 Å². The Balaban J connectivity index is 1.19. The Morgan fingerprint density at radius 3 is 2.97 bits per heavy atom. The quantitative estimate of drug-likeness (QED) is 0.453. The minimum atomic E-state index is -0.583. The highest BCUT2D eigenvalue weighted by atomic mass is 35.5. The first-order valence-electron chi connectivity index (χ1n) is 11.6. The van der Waals surface area contributed by atoms with Crippen molar-refractivity contribution in [2.24, 2.45) is 11.8 Å². The number of ether oxygens (including phenoxy) is 1.